The van der Waals surface area contributed by atoms with Crippen LogP contribution in [0, 0.1) is 5.92 Å². The van der Waals surface area contributed by atoms with Crippen LogP contribution >= 0.6 is 0 Å². The number of carbonyl (C=O) groups is 1. The molecule has 1 saturated heterocycles. The van der Waals surface area contributed by atoms with E-state index in [1.807, 2.05) is 4.90 Å². The number of hydrogen-bond acceptors (Lipinski definition) is 4. The zero-order valence-corrected chi connectivity index (χ0v) is 12.6. The summed E-state index contributed by atoms with van der Waals surface area (Å²) in [6.07, 6.45) is 1.70. The molecule has 2 N–H and O–H groups in total. The van der Waals surface area contributed by atoms with Crippen molar-refractivity contribution in [3.05, 3.63) is 0 Å². The predicted octanol–water partition coefficient (Wildman–Crippen LogP) is 0.541. The van der Waals surface area contributed by atoms with E-state index in [9.17, 15) is 4.79 Å². The average molecular weight is 271 g/mol. The summed E-state index contributed by atoms with van der Waals surface area (Å²) >= 11 is 0. The number of hydrogen-bond donors (Lipinski definition) is 1. The highest BCUT2D eigenvalue weighted by molar-refractivity contribution is 5.81. The van der Waals surface area contributed by atoms with E-state index < -0.39 is 6.10 Å². The van der Waals surface area contributed by atoms with E-state index in [1.54, 1.807) is 7.11 Å². The number of rotatable bonds is 7. The highest BCUT2D eigenvalue weighted by atomic mass is 16.5. The van der Waals surface area contributed by atoms with Crippen molar-refractivity contribution >= 4 is 5.91 Å². The predicted molar refractivity (Wildman–Crippen MR) is 76.9 cm³/mol. The normalized spacial score (nSPS) is 18.9. The number of nitrogens with zero attached hydrogens (tertiary/aromatic N) is 2. The molecule has 1 atom stereocenters. The Kier molecular flexibility index (Phi) is 7.34. The van der Waals surface area contributed by atoms with Crippen LogP contribution in [0.2, 0.25) is 0 Å². The molecule has 5 nitrogen and oxygen atoms in total. The van der Waals surface area contributed by atoms with Crippen molar-refractivity contribution in [1.82, 2.24) is 9.80 Å². The van der Waals surface area contributed by atoms with E-state index in [4.69, 9.17) is 10.5 Å². The summed E-state index contributed by atoms with van der Waals surface area (Å²) in [4.78, 5) is 16.5. The second kappa shape index (κ2) is 8.51. The summed E-state index contributed by atoms with van der Waals surface area (Å²) in [6.45, 7) is 9.70. The van der Waals surface area contributed by atoms with E-state index in [2.05, 4.69) is 18.7 Å². The zero-order valence-electron chi connectivity index (χ0n) is 12.6. The standard InChI is InChI=1S/C14H29N3O2/c1-4-16(5-2)11-12-6-8-17(9-7-12)14(18)13(10-15)19-3/h12-13H,4-11,15H2,1-3H3. The topological polar surface area (TPSA) is 58.8 Å². The van der Waals surface area contributed by atoms with Gasteiger partial charge in [-0.2, -0.15) is 0 Å². The van der Waals surface area contributed by atoms with Crippen LogP contribution in [0.25, 0.3) is 0 Å². The maximum Gasteiger partial charge on any atom is 0.253 e. The van der Waals surface area contributed by atoms with Gasteiger partial charge in [-0.3, -0.25) is 4.79 Å². The molecule has 0 aromatic rings. The van der Waals surface area contributed by atoms with Crippen molar-refractivity contribution in [2.24, 2.45) is 11.7 Å². The first-order valence-corrected chi connectivity index (χ1v) is 7.40. The first-order valence-electron chi connectivity index (χ1n) is 7.40. The quantitative estimate of drug-likeness (QED) is 0.734. The van der Waals surface area contributed by atoms with Crippen LogP contribution in [0.5, 0.6) is 0 Å². The SMILES string of the molecule is CCN(CC)CC1CCN(C(=O)C(CN)OC)CC1. The maximum absolute atomic E-state index is 12.1. The van der Waals surface area contributed by atoms with E-state index in [1.165, 1.54) is 0 Å². The molecule has 0 spiro atoms. The summed E-state index contributed by atoms with van der Waals surface area (Å²) in [7, 11) is 1.54. The lowest BCUT2D eigenvalue weighted by Gasteiger charge is -2.35. The van der Waals surface area contributed by atoms with Crippen LogP contribution in [-0.4, -0.2) is 68.2 Å². The molecular weight excluding hydrogens is 242 g/mol. The van der Waals surface area contributed by atoms with Gasteiger partial charge in [0.05, 0.1) is 0 Å². The molecule has 1 rings (SSSR count). The van der Waals surface area contributed by atoms with Crippen molar-refractivity contribution in [1.29, 1.82) is 0 Å². The average Bonchev–Trinajstić information content (AvgIpc) is 2.46. The lowest BCUT2D eigenvalue weighted by Crippen LogP contribution is -2.48. The molecule has 0 bridgehead atoms. The third-order valence-corrected chi connectivity index (χ3v) is 4.11. The monoisotopic (exact) mass is 271 g/mol. The second-order valence-electron chi connectivity index (χ2n) is 5.21. The van der Waals surface area contributed by atoms with Gasteiger partial charge in [0.15, 0.2) is 0 Å². The van der Waals surface area contributed by atoms with Crippen molar-refractivity contribution in [3.8, 4) is 0 Å². The Morgan fingerprint density at radius 2 is 1.95 bits per heavy atom. The minimum absolute atomic E-state index is 0.0475. The molecule has 0 aromatic carbocycles. The van der Waals surface area contributed by atoms with Crippen molar-refractivity contribution in [3.63, 3.8) is 0 Å². The van der Waals surface area contributed by atoms with Gasteiger partial charge >= 0.3 is 0 Å². The van der Waals surface area contributed by atoms with Crippen LogP contribution in [0.15, 0.2) is 0 Å². The van der Waals surface area contributed by atoms with E-state index in [0.717, 1.165) is 45.6 Å². The van der Waals surface area contributed by atoms with Crippen LogP contribution in [0.3, 0.4) is 0 Å². The Morgan fingerprint density at radius 1 is 1.37 bits per heavy atom. The van der Waals surface area contributed by atoms with Gasteiger partial charge in [-0.1, -0.05) is 13.8 Å². The maximum atomic E-state index is 12.1. The molecule has 1 fully saturated rings. The first-order chi connectivity index (χ1) is 9.15. The number of piperidine rings is 1. The third-order valence-electron chi connectivity index (χ3n) is 4.11. The summed E-state index contributed by atoms with van der Waals surface area (Å²) in [6, 6.07) is 0. The van der Waals surface area contributed by atoms with E-state index in [-0.39, 0.29) is 12.5 Å². The lowest BCUT2D eigenvalue weighted by atomic mass is 9.95. The number of likely N-dealkylation sites (tertiary alicyclic amines) is 1. The number of ether oxygens (including phenoxy) is 1. The Balaban J connectivity index is 2.38. The fourth-order valence-electron chi connectivity index (χ4n) is 2.68. The Labute approximate surface area is 117 Å². The molecule has 0 aliphatic carbocycles. The first kappa shape index (κ1) is 16.4. The summed E-state index contributed by atoms with van der Waals surface area (Å²) in [5, 5.41) is 0. The minimum Gasteiger partial charge on any atom is -0.370 e. The molecule has 5 heteroatoms. The number of methoxy groups -OCH3 is 1. The minimum atomic E-state index is -0.473. The zero-order chi connectivity index (χ0) is 14.3. The molecule has 1 aliphatic heterocycles. The fourth-order valence-corrected chi connectivity index (χ4v) is 2.68. The smallest absolute Gasteiger partial charge is 0.253 e. The molecule has 19 heavy (non-hydrogen) atoms. The summed E-state index contributed by atoms with van der Waals surface area (Å²) in [5.74, 6) is 0.758. The molecule has 1 unspecified atom stereocenters. The Hall–Kier alpha value is -0.650. The van der Waals surface area contributed by atoms with E-state index >= 15 is 0 Å². The Bertz CT molecular complexity index is 257. The Morgan fingerprint density at radius 3 is 2.37 bits per heavy atom. The number of amides is 1. The lowest BCUT2D eigenvalue weighted by molar-refractivity contribution is -0.142. The van der Waals surface area contributed by atoms with Gasteiger partial charge < -0.3 is 20.3 Å². The van der Waals surface area contributed by atoms with Crippen LogP contribution in [0.1, 0.15) is 26.7 Å². The van der Waals surface area contributed by atoms with Gasteiger partial charge in [-0.25, -0.2) is 0 Å². The number of carbonyl (C=O) groups excluding carboxylic acids is 1. The molecule has 1 amide bonds. The molecular formula is C14H29N3O2. The van der Waals surface area contributed by atoms with Gasteiger partial charge in [-0.05, 0) is 31.8 Å². The van der Waals surface area contributed by atoms with Gasteiger partial charge in [0.2, 0.25) is 0 Å². The molecule has 1 heterocycles. The van der Waals surface area contributed by atoms with Gasteiger partial charge in [0, 0.05) is 33.3 Å². The van der Waals surface area contributed by atoms with Gasteiger partial charge in [-0.15, -0.1) is 0 Å². The molecule has 0 aromatic heterocycles. The summed E-state index contributed by atoms with van der Waals surface area (Å²) < 4.78 is 5.12. The summed E-state index contributed by atoms with van der Waals surface area (Å²) in [5.41, 5.74) is 5.54. The van der Waals surface area contributed by atoms with Crippen molar-refractivity contribution in [2.75, 3.05) is 46.4 Å². The van der Waals surface area contributed by atoms with E-state index in [0.29, 0.717) is 5.92 Å². The highest BCUT2D eigenvalue weighted by Gasteiger charge is 2.27. The second-order valence-corrected chi connectivity index (χ2v) is 5.21. The van der Waals surface area contributed by atoms with Gasteiger partial charge in [0.25, 0.3) is 5.91 Å². The third kappa shape index (κ3) is 4.75. The molecule has 112 valence electrons. The molecule has 0 saturated carbocycles. The number of nitrogens with two attached hydrogens (primary N) is 1. The van der Waals surface area contributed by atoms with Crippen LogP contribution in [0.4, 0.5) is 0 Å². The molecule has 0 radical (unpaired) electrons. The largest absolute Gasteiger partial charge is 0.370 e. The van der Waals surface area contributed by atoms with Crippen molar-refractivity contribution in [2.45, 2.75) is 32.8 Å². The van der Waals surface area contributed by atoms with Crippen molar-refractivity contribution < 1.29 is 9.53 Å². The highest BCUT2D eigenvalue weighted by Crippen LogP contribution is 2.19. The fraction of sp³-hybridized carbons (Fsp3) is 0.929. The molecule has 1 aliphatic rings. The van der Waals surface area contributed by atoms with Gasteiger partial charge in [0.1, 0.15) is 6.10 Å². The van der Waals surface area contributed by atoms with Crippen LogP contribution in [-0.2, 0) is 9.53 Å². The van der Waals surface area contributed by atoms with Crippen LogP contribution < -0.4 is 5.73 Å².